The molecule has 0 radical (unpaired) electrons. The van der Waals surface area contributed by atoms with Gasteiger partial charge in [0.05, 0.1) is 11.7 Å². The summed E-state index contributed by atoms with van der Waals surface area (Å²) >= 11 is 0. The fraction of sp³-hybridized carbons (Fsp3) is 0.571. The van der Waals surface area contributed by atoms with Gasteiger partial charge in [-0.25, -0.2) is 4.98 Å². The highest BCUT2D eigenvalue weighted by atomic mass is 15.3. The molecule has 1 unspecified atom stereocenters. The molecule has 3 N–H and O–H groups in total. The molecule has 2 heterocycles. The van der Waals surface area contributed by atoms with Crippen LogP contribution in [-0.4, -0.2) is 19.3 Å². The third kappa shape index (κ3) is 2.76. The average Bonchev–Trinajstić information content (AvgIpc) is 2.94. The summed E-state index contributed by atoms with van der Waals surface area (Å²) in [7, 11) is 1.96. The van der Waals surface area contributed by atoms with Gasteiger partial charge < -0.3 is 4.57 Å². The summed E-state index contributed by atoms with van der Waals surface area (Å²) in [4.78, 5) is 4.45. The Balaban J connectivity index is 2.27. The normalized spacial score (nSPS) is 12.8. The molecule has 2 aromatic heterocycles. The molecule has 0 bridgehead atoms. The van der Waals surface area contributed by atoms with Gasteiger partial charge in [-0.2, -0.15) is 5.10 Å². The zero-order valence-corrected chi connectivity index (χ0v) is 12.7. The first-order valence-corrected chi connectivity index (χ1v) is 7.04. The van der Waals surface area contributed by atoms with E-state index in [0.29, 0.717) is 0 Å². The van der Waals surface area contributed by atoms with Gasteiger partial charge in [-0.15, -0.1) is 0 Å². The zero-order chi connectivity index (χ0) is 14.7. The molecule has 0 aliphatic carbocycles. The van der Waals surface area contributed by atoms with Crippen LogP contribution in [0.4, 0.5) is 0 Å². The van der Waals surface area contributed by atoms with E-state index in [1.165, 1.54) is 5.56 Å². The summed E-state index contributed by atoms with van der Waals surface area (Å²) in [6, 6.07) is 0.0294. The molecule has 6 nitrogen and oxygen atoms in total. The Bertz CT molecular complexity index is 568. The molecule has 0 saturated carbocycles. The second kappa shape index (κ2) is 6.19. The van der Waals surface area contributed by atoms with E-state index < -0.39 is 0 Å². The Morgan fingerprint density at radius 3 is 2.70 bits per heavy atom. The quantitative estimate of drug-likeness (QED) is 0.617. The van der Waals surface area contributed by atoms with Gasteiger partial charge in [0.1, 0.15) is 5.82 Å². The first-order chi connectivity index (χ1) is 9.58. The predicted molar refractivity (Wildman–Crippen MR) is 79.0 cm³/mol. The smallest absolute Gasteiger partial charge is 0.110 e. The van der Waals surface area contributed by atoms with E-state index in [1.807, 2.05) is 31.0 Å². The van der Waals surface area contributed by atoms with Crippen molar-refractivity contribution >= 4 is 0 Å². The van der Waals surface area contributed by atoms with Crippen molar-refractivity contribution in [1.82, 2.24) is 24.8 Å². The Labute approximate surface area is 120 Å². The van der Waals surface area contributed by atoms with Crippen LogP contribution in [0, 0.1) is 13.8 Å². The van der Waals surface area contributed by atoms with E-state index in [9.17, 15) is 0 Å². The number of imidazole rings is 1. The number of hydrogen-bond acceptors (Lipinski definition) is 4. The van der Waals surface area contributed by atoms with Crippen LogP contribution in [-0.2, 0) is 20.0 Å². The maximum Gasteiger partial charge on any atom is 0.110 e. The number of hydrogen-bond donors (Lipinski definition) is 2. The summed E-state index contributed by atoms with van der Waals surface area (Å²) in [6.45, 7) is 7.23. The minimum Gasteiger partial charge on any atom is -0.335 e. The number of nitrogens with one attached hydrogen (secondary N) is 1. The number of nitrogens with zero attached hydrogens (tertiary/aromatic N) is 4. The van der Waals surface area contributed by atoms with Crippen LogP contribution in [0.25, 0.3) is 0 Å². The molecule has 0 aromatic carbocycles. The van der Waals surface area contributed by atoms with Crippen molar-refractivity contribution in [2.24, 2.45) is 12.9 Å². The zero-order valence-electron chi connectivity index (χ0n) is 12.7. The molecule has 2 rings (SSSR count). The van der Waals surface area contributed by atoms with Crippen LogP contribution in [0.15, 0.2) is 12.4 Å². The number of rotatable bonds is 6. The van der Waals surface area contributed by atoms with Crippen molar-refractivity contribution in [3.63, 3.8) is 0 Å². The fourth-order valence-corrected chi connectivity index (χ4v) is 2.70. The monoisotopic (exact) mass is 276 g/mol. The lowest BCUT2D eigenvalue weighted by molar-refractivity contribution is 0.512. The average molecular weight is 276 g/mol. The third-order valence-corrected chi connectivity index (χ3v) is 3.77. The van der Waals surface area contributed by atoms with Gasteiger partial charge in [0.25, 0.3) is 0 Å². The van der Waals surface area contributed by atoms with Crippen LogP contribution in [0.3, 0.4) is 0 Å². The second-order valence-electron chi connectivity index (χ2n) is 5.17. The van der Waals surface area contributed by atoms with Gasteiger partial charge >= 0.3 is 0 Å². The summed E-state index contributed by atoms with van der Waals surface area (Å²) in [5, 5.41) is 4.46. The minimum atomic E-state index is 0.0294. The van der Waals surface area contributed by atoms with Gasteiger partial charge in [0, 0.05) is 43.7 Å². The van der Waals surface area contributed by atoms with Crippen LogP contribution < -0.4 is 11.3 Å². The van der Waals surface area contributed by atoms with Gasteiger partial charge in [-0.05, 0) is 20.3 Å². The molecule has 1 atom stereocenters. The lowest BCUT2D eigenvalue weighted by atomic mass is 10.0. The molecule has 20 heavy (non-hydrogen) atoms. The maximum atomic E-state index is 5.77. The van der Waals surface area contributed by atoms with Crippen molar-refractivity contribution in [2.45, 2.75) is 46.2 Å². The highest BCUT2D eigenvalue weighted by molar-refractivity contribution is 5.29. The van der Waals surface area contributed by atoms with Crippen LogP contribution in [0.2, 0.25) is 0 Å². The standard InChI is InChI=1S/C14H24N6/c1-5-7-20-8-6-16-13(20)9-12(17-15)14-10(2)18-19(4)11(14)3/h6,8,12,17H,5,7,9,15H2,1-4H3. The Hall–Kier alpha value is -1.66. The topological polar surface area (TPSA) is 73.7 Å². The van der Waals surface area contributed by atoms with Crippen molar-refractivity contribution in [3.05, 3.63) is 35.2 Å². The van der Waals surface area contributed by atoms with Crippen molar-refractivity contribution in [2.75, 3.05) is 0 Å². The van der Waals surface area contributed by atoms with Crippen molar-refractivity contribution in [3.8, 4) is 0 Å². The van der Waals surface area contributed by atoms with E-state index in [0.717, 1.165) is 36.6 Å². The first kappa shape index (κ1) is 14.7. The Morgan fingerprint density at radius 2 is 2.15 bits per heavy atom. The van der Waals surface area contributed by atoms with Gasteiger partial charge in [-0.1, -0.05) is 6.92 Å². The largest absolute Gasteiger partial charge is 0.335 e. The molecule has 0 spiro atoms. The van der Waals surface area contributed by atoms with E-state index in [2.05, 4.69) is 33.9 Å². The van der Waals surface area contributed by atoms with E-state index >= 15 is 0 Å². The molecule has 0 amide bonds. The van der Waals surface area contributed by atoms with Crippen LogP contribution in [0.5, 0.6) is 0 Å². The maximum absolute atomic E-state index is 5.77. The molecular formula is C14H24N6. The summed E-state index contributed by atoms with van der Waals surface area (Å²) < 4.78 is 4.08. The van der Waals surface area contributed by atoms with E-state index in [1.54, 1.807) is 0 Å². The van der Waals surface area contributed by atoms with Crippen molar-refractivity contribution in [1.29, 1.82) is 0 Å². The molecule has 2 aromatic rings. The minimum absolute atomic E-state index is 0.0294. The summed E-state index contributed by atoms with van der Waals surface area (Å²) in [5.41, 5.74) is 6.24. The molecule has 0 saturated heterocycles. The number of aryl methyl sites for hydroxylation is 3. The second-order valence-corrected chi connectivity index (χ2v) is 5.17. The highest BCUT2D eigenvalue weighted by Gasteiger charge is 2.21. The number of hydrazine groups is 1. The summed E-state index contributed by atoms with van der Waals surface area (Å²) in [6.07, 6.45) is 5.72. The molecule has 110 valence electrons. The van der Waals surface area contributed by atoms with Gasteiger partial charge in [0.15, 0.2) is 0 Å². The van der Waals surface area contributed by atoms with E-state index in [-0.39, 0.29) is 6.04 Å². The van der Waals surface area contributed by atoms with Crippen molar-refractivity contribution < 1.29 is 0 Å². The summed E-state index contributed by atoms with van der Waals surface area (Å²) in [5.74, 6) is 6.82. The van der Waals surface area contributed by atoms with Gasteiger partial charge in [-0.3, -0.25) is 16.0 Å². The molecule has 0 aliphatic heterocycles. The fourth-order valence-electron chi connectivity index (χ4n) is 2.70. The molecular weight excluding hydrogens is 252 g/mol. The first-order valence-electron chi connectivity index (χ1n) is 7.04. The number of nitrogens with two attached hydrogens (primary N) is 1. The highest BCUT2D eigenvalue weighted by Crippen LogP contribution is 2.23. The predicted octanol–water partition coefficient (Wildman–Crippen LogP) is 1.39. The molecule has 0 aliphatic rings. The lowest BCUT2D eigenvalue weighted by Gasteiger charge is -2.17. The molecule has 0 fully saturated rings. The van der Waals surface area contributed by atoms with Gasteiger partial charge in [0.2, 0.25) is 0 Å². The lowest BCUT2D eigenvalue weighted by Crippen LogP contribution is -2.31. The Morgan fingerprint density at radius 1 is 1.40 bits per heavy atom. The van der Waals surface area contributed by atoms with E-state index in [4.69, 9.17) is 5.84 Å². The van der Waals surface area contributed by atoms with Crippen LogP contribution >= 0.6 is 0 Å². The molecule has 6 heteroatoms. The van der Waals surface area contributed by atoms with Crippen LogP contribution in [0.1, 0.15) is 42.2 Å². The SMILES string of the molecule is CCCn1ccnc1CC(NN)c1c(C)nn(C)c1C. The third-order valence-electron chi connectivity index (χ3n) is 3.77. The Kier molecular flexibility index (Phi) is 4.57. The number of aromatic nitrogens is 4.